The van der Waals surface area contributed by atoms with Crippen LogP contribution >= 0.6 is 0 Å². The van der Waals surface area contributed by atoms with E-state index >= 15 is 0 Å². The molecule has 1 aromatic heterocycles. The summed E-state index contributed by atoms with van der Waals surface area (Å²) >= 11 is 0. The molecule has 0 fully saturated rings. The average molecular weight is 431 g/mol. The number of hydrogen-bond acceptors (Lipinski definition) is 4. The Morgan fingerprint density at radius 2 is 1.60 bits per heavy atom. The van der Waals surface area contributed by atoms with Crippen molar-refractivity contribution in [1.82, 2.24) is 9.97 Å². The van der Waals surface area contributed by atoms with Gasteiger partial charge in [-0.25, -0.2) is 14.4 Å². The summed E-state index contributed by atoms with van der Waals surface area (Å²) < 4.78 is 96.1. The molecule has 0 aliphatic carbocycles. The Bertz CT molecular complexity index is 1050. The van der Waals surface area contributed by atoms with Gasteiger partial charge in [0.15, 0.2) is 0 Å². The summed E-state index contributed by atoms with van der Waals surface area (Å²) in [6.07, 6.45) is -8.41. The third-order valence-electron chi connectivity index (χ3n) is 4.00. The number of nitrogens with zero attached hydrogens (tertiary/aromatic N) is 3. The summed E-state index contributed by atoms with van der Waals surface area (Å²) in [7, 11) is 1.38. The molecular formula is C19H12F7N3O. The second-order valence-corrected chi connectivity index (χ2v) is 6.06. The van der Waals surface area contributed by atoms with Crippen molar-refractivity contribution in [2.24, 2.45) is 0 Å². The van der Waals surface area contributed by atoms with Crippen LogP contribution in [0.5, 0.6) is 11.6 Å². The first-order valence-electron chi connectivity index (χ1n) is 8.23. The molecule has 2 aromatic carbocycles. The van der Waals surface area contributed by atoms with Crippen LogP contribution in [-0.2, 0) is 12.4 Å². The zero-order valence-corrected chi connectivity index (χ0v) is 15.1. The van der Waals surface area contributed by atoms with Gasteiger partial charge in [0.05, 0.1) is 11.1 Å². The highest BCUT2D eigenvalue weighted by Crippen LogP contribution is 2.36. The van der Waals surface area contributed by atoms with Crippen molar-refractivity contribution in [3.05, 3.63) is 71.8 Å². The third kappa shape index (κ3) is 4.78. The zero-order chi connectivity index (χ0) is 22.1. The minimum Gasteiger partial charge on any atom is -0.439 e. The van der Waals surface area contributed by atoms with Crippen molar-refractivity contribution in [3.63, 3.8) is 0 Å². The van der Waals surface area contributed by atoms with E-state index in [0.29, 0.717) is 12.1 Å². The number of rotatable bonds is 4. The molecule has 0 atom stereocenters. The fourth-order valence-electron chi connectivity index (χ4n) is 2.50. The second-order valence-electron chi connectivity index (χ2n) is 6.06. The smallest absolute Gasteiger partial charge is 0.419 e. The van der Waals surface area contributed by atoms with Crippen LogP contribution in [0.1, 0.15) is 11.1 Å². The van der Waals surface area contributed by atoms with Gasteiger partial charge in [0.2, 0.25) is 5.88 Å². The van der Waals surface area contributed by atoms with E-state index in [-0.39, 0.29) is 23.1 Å². The van der Waals surface area contributed by atoms with E-state index in [1.54, 1.807) is 0 Å². The fraction of sp³-hybridized carbons (Fsp3) is 0.158. The van der Waals surface area contributed by atoms with Crippen LogP contribution in [0, 0.1) is 5.82 Å². The highest BCUT2D eigenvalue weighted by Gasteiger charge is 2.34. The normalized spacial score (nSPS) is 12.0. The Hall–Kier alpha value is -3.37. The molecule has 3 rings (SSSR count). The van der Waals surface area contributed by atoms with Gasteiger partial charge in [-0.2, -0.15) is 26.3 Å². The van der Waals surface area contributed by atoms with Crippen molar-refractivity contribution < 1.29 is 35.5 Å². The number of aromatic nitrogens is 2. The lowest BCUT2D eigenvalue weighted by Gasteiger charge is -2.20. The highest BCUT2D eigenvalue weighted by atomic mass is 19.4. The Kier molecular flexibility index (Phi) is 5.55. The van der Waals surface area contributed by atoms with Crippen molar-refractivity contribution in [3.8, 4) is 11.6 Å². The van der Waals surface area contributed by atoms with E-state index in [9.17, 15) is 30.7 Å². The predicted octanol–water partition coefficient (Wildman–Crippen LogP) is 6.21. The molecule has 0 saturated heterocycles. The number of ether oxygens (including phenoxy) is 1. The molecule has 0 N–H and O–H groups in total. The van der Waals surface area contributed by atoms with Crippen LogP contribution in [0.2, 0.25) is 0 Å². The Morgan fingerprint density at radius 1 is 0.867 bits per heavy atom. The van der Waals surface area contributed by atoms with Gasteiger partial charge in [-0.3, -0.25) is 0 Å². The molecule has 158 valence electrons. The van der Waals surface area contributed by atoms with E-state index in [1.807, 2.05) is 0 Å². The molecule has 0 amide bonds. The lowest BCUT2D eigenvalue weighted by Crippen LogP contribution is -2.14. The quantitative estimate of drug-likeness (QED) is 0.460. The fourth-order valence-corrected chi connectivity index (χ4v) is 2.50. The van der Waals surface area contributed by atoms with E-state index in [2.05, 4.69) is 9.97 Å². The molecule has 0 aliphatic heterocycles. The highest BCUT2D eigenvalue weighted by molar-refractivity contribution is 5.61. The molecule has 0 aliphatic rings. The largest absolute Gasteiger partial charge is 0.439 e. The van der Waals surface area contributed by atoms with Crippen LogP contribution in [0.15, 0.2) is 54.9 Å². The van der Waals surface area contributed by atoms with Crippen LogP contribution in [0.3, 0.4) is 0 Å². The van der Waals surface area contributed by atoms with E-state index < -0.39 is 29.3 Å². The molecule has 3 aromatic rings. The van der Waals surface area contributed by atoms with Crippen molar-refractivity contribution in [1.29, 1.82) is 0 Å². The third-order valence-corrected chi connectivity index (χ3v) is 4.00. The van der Waals surface area contributed by atoms with Crippen LogP contribution < -0.4 is 9.64 Å². The molecule has 0 unspecified atom stereocenters. The molecule has 30 heavy (non-hydrogen) atoms. The van der Waals surface area contributed by atoms with Gasteiger partial charge in [-0.1, -0.05) is 6.07 Å². The average Bonchev–Trinajstić information content (AvgIpc) is 2.67. The first-order valence-corrected chi connectivity index (χ1v) is 8.23. The van der Waals surface area contributed by atoms with Gasteiger partial charge in [0, 0.05) is 18.8 Å². The second kappa shape index (κ2) is 7.81. The Morgan fingerprint density at radius 3 is 2.27 bits per heavy atom. The van der Waals surface area contributed by atoms with Crippen molar-refractivity contribution >= 4 is 11.5 Å². The minimum absolute atomic E-state index is 0.0209. The predicted molar refractivity (Wildman–Crippen MR) is 93.0 cm³/mol. The Labute approximate surface area is 165 Å². The molecule has 0 bridgehead atoms. The van der Waals surface area contributed by atoms with Gasteiger partial charge in [0.25, 0.3) is 0 Å². The standard InChI is InChI=1S/C19H12F7N3O/c1-29(12-5-6-15(20)14(8-12)19(24,25)26)16-9-17(28-10-27-16)30-13-4-2-3-11(7-13)18(21,22)23/h2-10H,1H3. The summed E-state index contributed by atoms with van der Waals surface area (Å²) in [5, 5.41) is 0. The summed E-state index contributed by atoms with van der Waals surface area (Å²) in [4.78, 5) is 8.92. The van der Waals surface area contributed by atoms with Crippen LogP contribution in [0.4, 0.5) is 42.2 Å². The summed E-state index contributed by atoms with van der Waals surface area (Å²) in [5.41, 5.74) is -2.38. The van der Waals surface area contributed by atoms with E-state index in [4.69, 9.17) is 4.74 Å². The minimum atomic E-state index is -4.88. The first-order chi connectivity index (χ1) is 13.9. The maximum absolute atomic E-state index is 13.5. The topological polar surface area (TPSA) is 38.2 Å². The maximum atomic E-state index is 13.5. The molecule has 1 heterocycles. The van der Waals surface area contributed by atoms with E-state index in [1.165, 1.54) is 24.1 Å². The van der Waals surface area contributed by atoms with Crippen molar-refractivity contribution in [2.75, 3.05) is 11.9 Å². The number of halogens is 7. The summed E-state index contributed by atoms with van der Waals surface area (Å²) in [5.74, 6) is -1.62. The maximum Gasteiger partial charge on any atom is 0.419 e. The van der Waals surface area contributed by atoms with E-state index in [0.717, 1.165) is 30.6 Å². The Balaban J connectivity index is 1.87. The number of hydrogen-bond donors (Lipinski definition) is 0. The molecular weight excluding hydrogens is 419 g/mol. The monoisotopic (exact) mass is 431 g/mol. The van der Waals surface area contributed by atoms with Gasteiger partial charge >= 0.3 is 12.4 Å². The molecule has 4 nitrogen and oxygen atoms in total. The number of anilines is 2. The number of benzene rings is 2. The lowest BCUT2D eigenvalue weighted by molar-refractivity contribution is -0.140. The molecule has 0 spiro atoms. The summed E-state index contributed by atoms with van der Waals surface area (Å²) in [6, 6.07) is 7.73. The molecule has 0 saturated carbocycles. The van der Waals surface area contributed by atoms with Gasteiger partial charge in [-0.05, 0) is 36.4 Å². The van der Waals surface area contributed by atoms with Gasteiger partial charge in [0.1, 0.15) is 23.7 Å². The first kappa shape index (κ1) is 21.3. The van der Waals surface area contributed by atoms with Gasteiger partial charge in [-0.15, -0.1) is 0 Å². The lowest BCUT2D eigenvalue weighted by atomic mass is 10.1. The van der Waals surface area contributed by atoms with Gasteiger partial charge < -0.3 is 9.64 Å². The number of alkyl halides is 6. The van der Waals surface area contributed by atoms with Crippen LogP contribution in [0.25, 0.3) is 0 Å². The van der Waals surface area contributed by atoms with Crippen LogP contribution in [-0.4, -0.2) is 17.0 Å². The SMILES string of the molecule is CN(c1ccc(F)c(C(F)(F)F)c1)c1cc(Oc2cccc(C(F)(F)F)c2)ncn1. The molecule has 11 heteroatoms. The van der Waals surface area contributed by atoms with Crippen molar-refractivity contribution in [2.45, 2.75) is 12.4 Å². The zero-order valence-electron chi connectivity index (χ0n) is 15.1. The molecule has 0 radical (unpaired) electrons. The summed E-state index contributed by atoms with van der Waals surface area (Å²) in [6.45, 7) is 0.